The van der Waals surface area contributed by atoms with E-state index in [0.29, 0.717) is 0 Å². The highest BCUT2D eigenvalue weighted by Crippen LogP contribution is 2.14. The molecular formula is C15H21N3O. The van der Waals surface area contributed by atoms with Crippen LogP contribution in [0.25, 0.3) is 0 Å². The summed E-state index contributed by atoms with van der Waals surface area (Å²) in [5.41, 5.74) is 1.25. The minimum Gasteiger partial charge on any atom is -0.497 e. The Bertz CT molecular complexity index is 490. The number of nitrogens with one attached hydrogen (secondary N) is 1. The number of rotatable bonds is 7. The number of aromatic nitrogens is 2. The second-order valence-corrected chi connectivity index (χ2v) is 4.52. The van der Waals surface area contributed by atoms with Gasteiger partial charge in [0.2, 0.25) is 0 Å². The number of nitrogens with zero attached hydrogens (tertiary/aromatic N) is 2. The van der Waals surface area contributed by atoms with Gasteiger partial charge in [-0.15, -0.1) is 0 Å². The van der Waals surface area contributed by atoms with Gasteiger partial charge in [-0.25, -0.2) is 4.98 Å². The molecule has 1 aromatic heterocycles. The second-order valence-electron chi connectivity index (χ2n) is 4.52. The summed E-state index contributed by atoms with van der Waals surface area (Å²) in [4.78, 5) is 4.44. The first kappa shape index (κ1) is 13.6. The lowest BCUT2D eigenvalue weighted by molar-refractivity contribution is 0.414. The Balaban J connectivity index is 1.99. The molecule has 0 unspecified atom stereocenters. The van der Waals surface area contributed by atoms with Gasteiger partial charge in [0.05, 0.1) is 7.11 Å². The molecule has 0 saturated carbocycles. The van der Waals surface area contributed by atoms with Crippen LogP contribution in [0.2, 0.25) is 0 Å². The molecule has 2 rings (SSSR count). The van der Waals surface area contributed by atoms with Crippen molar-refractivity contribution >= 4 is 0 Å². The maximum Gasteiger partial charge on any atom is 0.118 e. The Morgan fingerprint density at radius 3 is 2.74 bits per heavy atom. The van der Waals surface area contributed by atoms with E-state index in [0.717, 1.165) is 37.5 Å². The van der Waals surface area contributed by atoms with Crippen LogP contribution < -0.4 is 10.1 Å². The Hall–Kier alpha value is -1.81. The number of hydrogen-bond donors (Lipinski definition) is 1. The van der Waals surface area contributed by atoms with E-state index in [1.165, 1.54) is 5.56 Å². The lowest BCUT2D eigenvalue weighted by Crippen LogP contribution is -2.12. The third kappa shape index (κ3) is 3.83. The zero-order chi connectivity index (χ0) is 13.5. The average Bonchev–Trinajstić information content (AvgIpc) is 2.87. The molecule has 0 aliphatic heterocycles. The first-order chi connectivity index (χ1) is 9.33. The Morgan fingerprint density at radius 1 is 1.26 bits per heavy atom. The Morgan fingerprint density at radius 2 is 2.05 bits per heavy atom. The molecule has 0 spiro atoms. The van der Waals surface area contributed by atoms with Crippen molar-refractivity contribution in [2.45, 2.75) is 19.4 Å². The first-order valence-corrected chi connectivity index (χ1v) is 6.61. The summed E-state index contributed by atoms with van der Waals surface area (Å²) < 4.78 is 7.39. The van der Waals surface area contributed by atoms with Crippen LogP contribution >= 0.6 is 0 Å². The molecule has 0 saturated heterocycles. The summed E-state index contributed by atoms with van der Waals surface area (Å²) in [5.74, 6) is 2.00. The summed E-state index contributed by atoms with van der Waals surface area (Å²) in [7, 11) is 3.66. The van der Waals surface area contributed by atoms with Crippen LogP contribution in [0.15, 0.2) is 36.7 Å². The topological polar surface area (TPSA) is 39.1 Å². The zero-order valence-electron chi connectivity index (χ0n) is 11.6. The Kier molecular flexibility index (Phi) is 4.98. The number of aryl methyl sites for hydroxylation is 1. The van der Waals surface area contributed by atoms with E-state index < -0.39 is 0 Å². The van der Waals surface area contributed by atoms with E-state index >= 15 is 0 Å². The monoisotopic (exact) mass is 259 g/mol. The van der Waals surface area contributed by atoms with Crippen LogP contribution in [0, 0.1) is 0 Å². The summed E-state index contributed by atoms with van der Waals surface area (Å²) in [6, 6.07) is 8.16. The van der Waals surface area contributed by atoms with Gasteiger partial charge in [-0.2, -0.15) is 0 Å². The van der Waals surface area contributed by atoms with Crippen LogP contribution in [-0.4, -0.2) is 30.3 Å². The van der Waals surface area contributed by atoms with E-state index in [2.05, 4.69) is 33.2 Å². The molecule has 2 aromatic rings. The maximum absolute atomic E-state index is 5.17. The molecule has 0 aliphatic carbocycles. The molecule has 102 valence electrons. The van der Waals surface area contributed by atoms with E-state index in [9.17, 15) is 0 Å². The van der Waals surface area contributed by atoms with Crippen molar-refractivity contribution in [3.8, 4) is 5.75 Å². The first-order valence-electron chi connectivity index (χ1n) is 6.61. The van der Waals surface area contributed by atoms with Crippen molar-refractivity contribution in [1.29, 1.82) is 0 Å². The summed E-state index contributed by atoms with van der Waals surface area (Å²) >= 11 is 0. The highest BCUT2D eigenvalue weighted by atomic mass is 16.5. The highest BCUT2D eigenvalue weighted by Gasteiger charge is 2.04. The molecule has 4 nitrogen and oxygen atoms in total. The standard InChI is InChI=1S/C15H21N3O/c1-16-8-3-10-18-11-9-17-15(18)12-13-4-6-14(19-2)7-5-13/h4-7,9,11,16H,3,8,10,12H2,1-2H3. The van der Waals surface area contributed by atoms with Crippen molar-refractivity contribution in [3.63, 3.8) is 0 Å². The Labute approximate surface area is 114 Å². The molecular weight excluding hydrogens is 238 g/mol. The molecule has 1 heterocycles. The van der Waals surface area contributed by atoms with E-state index in [-0.39, 0.29) is 0 Å². The third-order valence-corrected chi connectivity index (χ3v) is 3.15. The van der Waals surface area contributed by atoms with Crippen molar-refractivity contribution in [2.75, 3.05) is 20.7 Å². The van der Waals surface area contributed by atoms with Crippen molar-refractivity contribution in [3.05, 3.63) is 48.0 Å². The highest BCUT2D eigenvalue weighted by molar-refractivity contribution is 5.28. The van der Waals surface area contributed by atoms with Gasteiger partial charge in [0, 0.05) is 25.4 Å². The molecule has 1 N–H and O–H groups in total. The maximum atomic E-state index is 5.17. The lowest BCUT2D eigenvalue weighted by atomic mass is 10.1. The molecule has 0 fully saturated rings. The van der Waals surface area contributed by atoms with Crippen molar-refractivity contribution in [2.24, 2.45) is 0 Å². The number of benzene rings is 1. The molecule has 0 bridgehead atoms. The van der Waals surface area contributed by atoms with Crippen LogP contribution in [0.1, 0.15) is 17.8 Å². The molecule has 0 amide bonds. The van der Waals surface area contributed by atoms with Crippen LogP contribution in [0.3, 0.4) is 0 Å². The number of methoxy groups -OCH3 is 1. The molecule has 0 radical (unpaired) electrons. The quantitative estimate of drug-likeness (QED) is 0.774. The van der Waals surface area contributed by atoms with Crippen LogP contribution in [0.5, 0.6) is 5.75 Å². The fourth-order valence-electron chi connectivity index (χ4n) is 2.06. The van der Waals surface area contributed by atoms with Gasteiger partial charge in [-0.1, -0.05) is 12.1 Å². The fraction of sp³-hybridized carbons (Fsp3) is 0.400. The predicted molar refractivity (Wildman–Crippen MR) is 76.6 cm³/mol. The zero-order valence-corrected chi connectivity index (χ0v) is 11.6. The van der Waals surface area contributed by atoms with Crippen LogP contribution in [0.4, 0.5) is 0 Å². The van der Waals surface area contributed by atoms with Gasteiger partial charge < -0.3 is 14.6 Å². The van der Waals surface area contributed by atoms with E-state index in [1.807, 2.05) is 25.4 Å². The smallest absolute Gasteiger partial charge is 0.118 e. The molecule has 0 aliphatic rings. The summed E-state index contributed by atoms with van der Waals surface area (Å²) in [6.45, 7) is 2.03. The summed E-state index contributed by atoms with van der Waals surface area (Å²) in [5, 5.41) is 3.16. The number of ether oxygens (including phenoxy) is 1. The summed E-state index contributed by atoms with van der Waals surface area (Å²) in [6.07, 6.45) is 5.89. The fourth-order valence-corrected chi connectivity index (χ4v) is 2.06. The third-order valence-electron chi connectivity index (χ3n) is 3.15. The van der Waals surface area contributed by atoms with Gasteiger partial charge in [-0.05, 0) is 37.7 Å². The van der Waals surface area contributed by atoms with Gasteiger partial charge >= 0.3 is 0 Å². The largest absolute Gasteiger partial charge is 0.497 e. The lowest BCUT2D eigenvalue weighted by Gasteiger charge is -2.08. The van der Waals surface area contributed by atoms with Gasteiger partial charge in [0.25, 0.3) is 0 Å². The molecule has 1 aromatic carbocycles. The number of imidazole rings is 1. The minimum absolute atomic E-state index is 0.858. The van der Waals surface area contributed by atoms with Gasteiger partial charge in [-0.3, -0.25) is 0 Å². The van der Waals surface area contributed by atoms with Crippen molar-refractivity contribution in [1.82, 2.24) is 14.9 Å². The van der Waals surface area contributed by atoms with E-state index in [1.54, 1.807) is 7.11 Å². The molecule has 4 heteroatoms. The SMILES string of the molecule is CNCCCn1ccnc1Cc1ccc(OC)cc1. The predicted octanol–water partition coefficient (Wildman–Crippen LogP) is 2.09. The second kappa shape index (κ2) is 6.95. The van der Waals surface area contributed by atoms with Crippen LogP contribution in [-0.2, 0) is 13.0 Å². The van der Waals surface area contributed by atoms with Crippen molar-refractivity contribution < 1.29 is 4.74 Å². The minimum atomic E-state index is 0.858. The molecule has 19 heavy (non-hydrogen) atoms. The molecule has 0 atom stereocenters. The number of hydrogen-bond acceptors (Lipinski definition) is 3. The average molecular weight is 259 g/mol. The van der Waals surface area contributed by atoms with E-state index in [4.69, 9.17) is 4.74 Å². The van der Waals surface area contributed by atoms with Gasteiger partial charge in [0.15, 0.2) is 0 Å². The van der Waals surface area contributed by atoms with Gasteiger partial charge in [0.1, 0.15) is 11.6 Å². The normalized spacial score (nSPS) is 10.6.